The minimum absolute atomic E-state index is 0.839. The molecule has 0 spiro atoms. The molecule has 2 aliphatic carbocycles. The summed E-state index contributed by atoms with van der Waals surface area (Å²) in [5.41, 5.74) is 5.39. The van der Waals surface area contributed by atoms with Gasteiger partial charge in [-0.2, -0.15) is 0 Å². The number of benzene rings is 2. The van der Waals surface area contributed by atoms with Gasteiger partial charge in [-0.15, -0.1) is 0 Å². The summed E-state index contributed by atoms with van der Waals surface area (Å²) < 4.78 is 0. The van der Waals surface area contributed by atoms with Crippen LogP contribution in [0.5, 0.6) is 0 Å². The zero-order chi connectivity index (χ0) is 23.9. The fourth-order valence-electron chi connectivity index (χ4n) is 3.48. The lowest BCUT2D eigenvalue weighted by Gasteiger charge is -2.19. The molecule has 0 aliphatic heterocycles. The van der Waals surface area contributed by atoms with Gasteiger partial charge >= 0.3 is 0 Å². The van der Waals surface area contributed by atoms with E-state index in [2.05, 4.69) is 128 Å². The van der Waals surface area contributed by atoms with Crippen LogP contribution in [-0.2, 0) is 0 Å². The zero-order valence-electron chi connectivity index (χ0n) is 22.1. The maximum atomic E-state index is 2.33. The van der Waals surface area contributed by atoms with E-state index in [-0.39, 0.29) is 0 Å². The van der Waals surface area contributed by atoms with E-state index < -0.39 is 0 Å². The third-order valence-electron chi connectivity index (χ3n) is 6.64. The SMILES string of the molecule is CC1C=CC(C)CC1.C[C@H]1CC=CC[C@@H]1C.Cc1ccc(C)cc1.Cc1ccccc1C. The van der Waals surface area contributed by atoms with E-state index in [9.17, 15) is 0 Å². The van der Waals surface area contributed by atoms with Gasteiger partial charge in [0.1, 0.15) is 0 Å². The van der Waals surface area contributed by atoms with Crippen molar-refractivity contribution < 1.29 is 0 Å². The molecule has 32 heavy (non-hydrogen) atoms. The smallest absolute Gasteiger partial charge is 0.0262 e. The van der Waals surface area contributed by atoms with Crippen molar-refractivity contribution in [1.82, 2.24) is 0 Å². The summed E-state index contributed by atoms with van der Waals surface area (Å²) in [5.74, 6) is 3.51. The van der Waals surface area contributed by atoms with Crippen LogP contribution >= 0.6 is 0 Å². The molecule has 0 fully saturated rings. The second-order valence-electron chi connectivity index (χ2n) is 10.1. The van der Waals surface area contributed by atoms with E-state index in [0.29, 0.717) is 0 Å². The van der Waals surface area contributed by atoms with E-state index >= 15 is 0 Å². The first-order chi connectivity index (χ1) is 15.2. The predicted octanol–water partition coefficient (Wildman–Crippen LogP) is 9.82. The first-order valence-corrected chi connectivity index (χ1v) is 12.6. The van der Waals surface area contributed by atoms with Crippen molar-refractivity contribution in [3.63, 3.8) is 0 Å². The van der Waals surface area contributed by atoms with Crippen molar-refractivity contribution in [2.24, 2.45) is 23.7 Å². The van der Waals surface area contributed by atoms with Crippen molar-refractivity contribution >= 4 is 0 Å². The molecule has 0 nitrogen and oxygen atoms in total. The molecular weight excluding hydrogens is 384 g/mol. The number of allylic oxidation sites excluding steroid dienone is 4. The fourth-order valence-corrected chi connectivity index (χ4v) is 3.48. The lowest BCUT2D eigenvalue weighted by atomic mass is 9.86. The van der Waals surface area contributed by atoms with E-state index in [1.165, 1.54) is 47.9 Å². The Morgan fingerprint density at radius 1 is 0.531 bits per heavy atom. The van der Waals surface area contributed by atoms with Gasteiger partial charge in [-0.05, 0) is 88.2 Å². The van der Waals surface area contributed by atoms with Crippen LogP contribution in [0.3, 0.4) is 0 Å². The Bertz CT molecular complexity index is 727. The van der Waals surface area contributed by atoms with Gasteiger partial charge in [0.25, 0.3) is 0 Å². The first-order valence-electron chi connectivity index (χ1n) is 12.6. The second kappa shape index (κ2) is 15.7. The van der Waals surface area contributed by atoms with E-state index in [1.54, 1.807) is 0 Å². The lowest BCUT2D eigenvalue weighted by Crippen LogP contribution is -2.08. The Morgan fingerprint density at radius 2 is 0.875 bits per heavy atom. The van der Waals surface area contributed by atoms with Gasteiger partial charge in [-0.3, -0.25) is 0 Å². The van der Waals surface area contributed by atoms with Gasteiger partial charge in [0, 0.05) is 0 Å². The molecule has 0 amide bonds. The summed E-state index contributed by atoms with van der Waals surface area (Å²) in [6, 6.07) is 16.8. The second-order valence-corrected chi connectivity index (χ2v) is 10.1. The summed E-state index contributed by atoms with van der Waals surface area (Å²) in [7, 11) is 0. The summed E-state index contributed by atoms with van der Waals surface area (Å²) in [6.45, 7) is 17.6. The molecule has 0 heterocycles. The predicted molar refractivity (Wildman–Crippen MR) is 145 cm³/mol. The molecule has 0 N–H and O–H groups in total. The topological polar surface area (TPSA) is 0 Å². The van der Waals surface area contributed by atoms with Crippen LogP contribution in [0.15, 0.2) is 72.8 Å². The first kappa shape index (κ1) is 28.0. The van der Waals surface area contributed by atoms with Crippen molar-refractivity contribution in [2.75, 3.05) is 0 Å². The average Bonchev–Trinajstić information content (AvgIpc) is 2.78. The Hall–Kier alpha value is -2.08. The minimum Gasteiger partial charge on any atom is -0.0883 e. The Balaban J connectivity index is 0.000000213. The summed E-state index contributed by atoms with van der Waals surface area (Å²) in [6.07, 6.45) is 14.6. The molecule has 4 rings (SSSR count). The zero-order valence-corrected chi connectivity index (χ0v) is 22.1. The molecule has 2 aromatic carbocycles. The highest BCUT2D eigenvalue weighted by Gasteiger charge is 2.11. The van der Waals surface area contributed by atoms with Crippen molar-refractivity contribution in [3.05, 3.63) is 95.1 Å². The molecule has 0 saturated carbocycles. The van der Waals surface area contributed by atoms with Crippen LogP contribution in [0.2, 0.25) is 0 Å². The maximum Gasteiger partial charge on any atom is -0.0262 e. The third kappa shape index (κ3) is 12.7. The summed E-state index contributed by atoms with van der Waals surface area (Å²) >= 11 is 0. The van der Waals surface area contributed by atoms with Crippen LogP contribution in [0.25, 0.3) is 0 Å². The third-order valence-corrected chi connectivity index (χ3v) is 6.64. The number of hydrogen-bond acceptors (Lipinski definition) is 0. The summed E-state index contributed by atoms with van der Waals surface area (Å²) in [5, 5.41) is 0. The highest BCUT2D eigenvalue weighted by molar-refractivity contribution is 5.23. The number of hydrogen-bond donors (Lipinski definition) is 0. The van der Waals surface area contributed by atoms with Crippen LogP contribution in [0.1, 0.15) is 75.6 Å². The highest BCUT2D eigenvalue weighted by Crippen LogP contribution is 2.23. The molecule has 176 valence electrons. The Labute approximate surface area is 199 Å². The van der Waals surface area contributed by atoms with Crippen LogP contribution in [-0.4, -0.2) is 0 Å². The van der Waals surface area contributed by atoms with E-state index in [1.807, 2.05) is 0 Å². The molecule has 2 aromatic rings. The van der Waals surface area contributed by atoms with Crippen molar-refractivity contribution in [1.29, 1.82) is 0 Å². The van der Waals surface area contributed by atoms with Crippen LogP contribution in [0.4, 0.5) is 0 Å². The van der Waals surface area contributed by atoms with Gasteiger partial charge in [0.2, 0.25) is 0 Å². The molecule has 0 aromatic heterocycles. The molecule has 2 unspecified atom stereocenters. The van der Waals surface area contributed by atoms with Crippen molar-refractivity contribution in [2.45, 2.75) is 81.1 Å². The minimum atomic E-state index is 0.839. The molecule has 2 aliphatic rings. The molecule has 0 radical (unpaired) electrons. The van der Waals surface area contributed by atoms with Gasteiger partial charge in [-0.1, -0.05) is 112 Å². The van der Waals surface area contributed by atoms with Gasteiger partial charge in [-0.25, -0.2) is 0 Å². The Kier molecular flexibility index (Phi) is 13.7. The maximum absolute atomic E-state index is 2.33. The van der Waals surface area contributed by atoms with E-state index in [0.717, 1.165) is 23.7 Å². The van der Waals surface area contributed by atoms with Gasteiger partial charge in [0.05, 0.1) is 0 Å². The fraction of sp³-hybridized carbons (Fsp3) is 0.500. The largest absolute Gasteiger partial charge is 0.0883 e. The van der Waals surface area contributed by atoms with Gasteiger partial charge < -0.3 is 0 Å². The van der Waals surface area contributed by atoms with Crippen molar-refractivity contribution in [3.8, 4) is 0 Å². The number of rotatable bonds is 0. The molecule has 0 saturated heterocycles. The van der Waals surface area contributed by atoms with Gasteiger partial charge in [0.15, 0.2) is 0 Å². The van der Waals surface area contributed by atoms with Crippen LogP contribution < -0.4 is 0 Å². The quantitative estimate of drug-likeness (QED) is 0.363. The standard InChI is InChI=1S/C8H14.C8H10.C8H14.C8H10/c2*1-7-3-5-8(2)6-4-7;2*1-7-5-3-4-6-8(7)2/h3,5,7-8H,4,6H2,1-2H3;3-6H,1-2H3;3-4,7-8H,5-6H2,1-2H3;3-6H,1-2H3/t;;7-,8-;/m..0./s1. The monoisotopic (exact) mass is 432 g/mol. The molecular formula is C32H48. The lowest BCUT2D eigenvalue weighted by molar-refractivity contribution is 0.380. The van der Waals surface area contributed by atoms with E-state index in [4.69, 9.17) is 0 Å². The molecule has 4 atom stereocenters. The highest BCUT2D eigenvalue weighted by atomic mass is 14.2. The average molecular weight is 433 g/mol. The van der Waals surface area contributed by atoms with Crippen LogP contribution in [0, 0.1) is 51.4 Å². The Morgan fingerprint density at radius 3 is 1.12 bits per heavy atom. The molecule has 0 heteroatoms. The normalized spacial score (nSPS) is 23.5. The number of aryl methyl sites for hydroxylation is 4. The molecule has 0 bridgehead atoms. The summed E-state index contributed by atoms with van der Waals surface area (Å²) in [4.78, 5) is 0.